The van der Waals surface area contributed by atoms with Crippen molar-refractivity contribution in [2.45, 2.75) is 36.2 Å². The van der Waals surface area contributed by atoms with Crippen molar-refractivity contribution in [3.63, 3.8) is 0 Å². The zero-order chi connectivity index (χ0) is 14.3. The van der Waals surface area contributed by atoms with Gasteiger partial charge in [0.1, 0.15) is 6.61 Å². The molecule has 112 valence electrons. The number of rotatable bonds is 6. The fourth-order valence-electron chi connectivity index (χ4n) is 2.22. The summed E-state index contributed by atoms with van der Waals surface area (Å²) in [5, 5.41) is 7.31. The summed E-state index contributed by atoms with van der Waals surface area (Å²) >= 11 is 1.70. The highest BCUT2D eigenvalue weighted by Crippen LogP contribution is 2.21. The van der Waals surface area contributed by atoms with Gasteiger partial charge in [-0.25, -0.2) is 0 Å². The van der Waals surface area contributed by atoms with Crippen LogP contribution in [0.15, 0.2) is 39.8 Å². The SMILES string of the molecule is c1ccc(SCc2noc(COC3CCNCC3)n2)cc1. The Labute approximate surface area is 128 Å². The molecule has 0 saturated carbocycles. The Morgan fingerprint density at radius 1 is 1.24 bits per heavy atom. The van der Waals surface area contributed by atoms with E-state index in [1.54, 1.807) is 11.8 Å². The molecule has 1 aliphatic rings. The first kappa shape index (κ1) is 14.6. The van der Waals surface area contributed by atoms with E-state index >= 15 is 0 Å². The molecule has 0 atom stereocenters. The average molecular weight is 305 g/mol. The first-order valence-corrected chi connectivity index (χ1v) is 8.20. The van der Waals surface area contributed by atoms with Gasteiger partial charge in [-0.05, 0) is 38.1 Å². The third-order valence-corrected chi connectivity index (χ3v) is 4.36. The van der Waals surface area contributed by atoms with Crippen molar-refractivity contribution in [3.8, 4) is 0 Å². The first-order chi connectivity index (χ1) is 10.4. The standard InChI is InChI=1S/C15H19N3O2S/c1-2-4-13(5-3-1)21-11-14-17-15(20-18-14)10-19-12-6-8-16-9-7-12/h1-5,12,16H,6-11H2. The van der Waals surface area contributed by atoms with E-state index in [0.717, 1.165) is 25.9 Å². The largest absolute Gasteiger partial charge is 0.368 e. The Morgan fingerprint density at radius 2 is 2.05 bits per heavy atom. The highest BCUT2D eigenvalue weighted by molar-refractivity contribution is 7.98. The van der Waals surface area contributed by atoms with E-state index in [-0.39, 0.29) is 0 Å². The molecule has 2 aromatic rings. The van der Waals surface area contributed by atoms with Crippen LogP contribution in [-0.2, 0) is 17.1 Å². The maximum atomic E-state index is 5.80. The maximum absolute atomic E-state index is 5.80. The summed E-state index contributed by atoms with van der Waals surface area (Å²) in [6.45, 7) is 2.45. The number of aromatic nitrogens is 2. The van der Waals surface area contributed by atoms with Gasteiger partial charge < -0.3 is 14.6 Å². The lowest BCUT2D eigenvalue weighted by Gasteiger charge is -2.21. The molecule has 1 aliphatic heterocycles. The molecule has 5 nitrogen and oxygen atoms in total. The van der Waals surface area contributed by atoms with Crippen LogP contribution in [0.5, 0.6) is 0 Å². The molecule has 0 unspecified atom stereocenters. The van der Waals surface area contributed by atoms with E-state index < -0.39 is 0 Å². The van der Waals surface area contributed by atoms with Gasteiger partial charge in [-0.1, -0.05) is 23.4 Å². The predicted octanol–water partition coefficient (Wildman–Crippen LogP) is 2.63. The summed E-state index contributed by atoms with van der Waals surface area (Å²) in [6.07, 6.45) is 2.40. The van der Waals surface area contributed by atoms with Crippen molar-refractivity contribution in [3.05, 3.63) is 42.0 Å². The molecule has 1 N–H and O–H groups in total. The Balaban J connectivity index is 1.45. The molecule has 1 saturated heterocycles. The maximum Gasteiger partial charge on any atom is 0.252 e. The second-order valence-corrected chi connectivity index (χ2v) is 6.02. The zero-order valence-electron chi connectivity index (χ0n) is 11.8. The minimum Gasteiger partial charge on any atom is -0.368 e. The van der Waals surface area contributed by atoms with Crippen molar-refractivity contribution < 1.29 is 9.26 Å². The molecule has 0 spiro atoms. The molecule has 1 aromatic carbocycles. The number of ether oxygens (including phenoxy) is 1. The van der Waals surface area contributed by atoms with Crippen LogP contribution >= 0.6 is 11.8 Å². The minimum absolute atomic E-state index is 0.306. The van der Waals surface area contributed by atoms with Crippen molar-refractivity contribution >= 4 is 11.8 Å². The van der Waals surface area contributed by atoms with Crippen LogP contribution in [0.4, 0.5) is 0 Å². The molecule has 3 rings (SSSR count). The van der Waals surface area contributed by atoms with Gasteiger partial charge in [0.2, 0.25) is 0 Å². The van der Waals surface area contributed by atoms with Crippen LogP contribution in [0.2, 0.25) is 0 Å². The van der Waals surface area contributed by atoms with Gasteiger partial charge >= 0.3 is 0 Å². The third-order valence-electron chi connectivity index (χ3n) is 3.35. The Hall–Kier alpha value is -1.37. The molecular formula is C15H19N3O2S. The predicted molar refractivity (Wildman–Crippen MR) is 81.0 cm³/mol. The normalized spacial score (nSPS) is 16.2. The second-order valence-electron chi connectivity index (χ2n) is 4.97. The summed E-state index contributed by atoms with van der Waals surface area (Å²) in [7, 11) is 0. The van der Waals surface area contributed by atoms with Crippen molar-refractivity contribution in [2.24, 2.45) is 0 Å². The lowest BCUT2D eigenvalue weighted by Crippen LogP contribution is -2.32. The fourth-order valence-corrected chi connectivity index (χ4v) is 2.99. The number of thioether (sulfide) groups is 1. The van der Waals surface area contributed by atoms with Crippen LogP contribution in [0.3, 0.4) is 0 Å². The summed E-state index contributed by atoms with van der Waals surface area (Å²) in [6, 6.07) is 10.2. The summed E-state index contributed by atoms with van der Waals surface area (Å²) in [5.74, 6) is 1.99. The minimum atomic E-state index is 0.306. The monoisotopic (exact) mass is 305 g/mol. The van der Waals surface area contributed by atoms with E-state index in [9.17, 15) is 0 Å². The van der Waals surface area contributed by atoms with E-state index in [4.69, 9.17) is 9.26 Å². The number of nitrogens with one attached hydrogen (secondary N) is 1. The Bertz CT molecular complexity index is 541. The van der Waals surface area contributed by atoms with Crippen LogP contribution in [0.1, 0.15) is 24.6 Å². The molecule has 2 heterocycles. The van der Waals surface area contributed by atoms with Crippen molar-refractivity contribution in [1.29, 1.82) is 0 Å². The Kier molecular flexibility index (Phi) is 5.26. The van der Waals surface area contributed by atoms with Gasteiger partial charge in [-0.2, -0.15) is 4.98 Å². The number of piperidine rings is 1. The lowest BCUT2D eigenvalue weighted by atomic mass is 10.1. The highest BCUT2D eigenvalue weighted by atomic mass is 32.2. The van der Waals surface area contributed by atoms with Gasteiger partial charge in [-0.15, -0.1) is 11.8 Å². The average Bonchev–Trinajstić information content (AvgIpc) is 3.01. The first-order valence-electron chi connectivity index (χ1n) is 7.22. The molecule has 0 amide bonds. The second kappa shape index (κ2) is 7.59. The van der Waals surface area contributed by atoms with Gasteiger partial charge in [0, 0.05) is 4.90 Å². The number of hydrogen-bond acceptors (Lipinski definition) is 6. The van der Waals surface area contributed by atoms with Crippen LogP contribution < -0.4 is 5.32 Å². The number of benzene rings is 1. The molecule has 0 aliphatic carbocycles. The highest BCUT2D eigenvalue weighted by Gasteiger charge is 2.15. The molecule has 1 fully saturated rings. The number of hydrogen-bond donors (Lipinski definition) is 1. The van der Waals surface area contributed by atoms with Gasteiger partial charge in [0.05, 0.1) is 11.9 Å². The lowest BCUT2D eigenvalue weighted by molar-refractivity contribution is 0.00859. The molecule has 1 aromatic heterocycles. The molecule has 6 heteroatoms. The molecule has 0 radical (unpaired) electrons. The van der Waals surface area contributed by atoms with E-state index in [0.29, 0.717) is 30.2 Å². The topological polar surface area (TPSA) is 60.2 Å². The van der Waals surface area contributed by atoms with E-state index in [2.05, 4.69) is 27.6 Å². The smallest absolute Gasteiger partial charge is 0.252 e. The van der Waals surface area contributed by atoms with Crippen LogP contribution in [-0.4, -0.2) is 29.3 Å². The van der Waals surface area contributed by atoms with Crippen molar-refractivity contribution in [1.82, 2.24) is 15.5 Å². The molecule has 0 bridgehead atoms. The summed E-state index contributed by atoms with van der Waals surface area (Å²) < 4.78 is 11.0. The molecule has 21 heavy (non-hydrogen) atoms. The van der Waals surface area contributed by atoms with Gasteiger partial charge in [0.15, 0.2) is 5.82 Å². The van der Waals surface area contributed by atoms with Crippen molar-refractivity contribution in [2.75, 3.05) is 13.1 Å². The van der Waals surface area contributed by atoms with E-state index in [1.165, 1.54) is 4.90 Å². The third kappa shape index (κ3) is 4.56. The van der Waals surface area contributed by atoms with E-state index in [1.807, 2.05) is 18.2 Å². The van der Waals surface area contributed by atoms with Gasteiger partial charge in [-0.3, -0.25) is 0 Å². The quantitative estimate of drug-likeness (QED) is 0.828. The van der Waals surface area contributed by atoms with Gasteiger partial charge in [0.25, 0.3) is 5.89 Å². The number of nitrogens with zero attached hydrogens (tertiary/aromatic N) is 2. The summed E-state index contributed by atoms with van der Waals surface area (Å²) in [4.78, 5) is 5.57. The molecular weight excluding hydrogens is 286 g/mol. The van der Waals surface area contributed by atoms with Crippen LogP contribution in [0, 0.1) is 0 Å². The van der Waals surface area contributed by atoms with Crippen LogP contribution in [0.25, 0.3) is 0 Å². The fraction of sp³-hybridized carbons (Fsp3) is 0.467. The Morgan fingerprint density at radius 3 is 2.86 bits per heavy atom. The zero-order valence-corrected chi connectivity index (χ0v) is 12.6. The summed E-state index contributed by atoms with van der Waals surface area (Å²) in [5.41, 5.74) is 0.